The Labute approximate surface area is 278 Å². The van der Waals surface area contributed by atoms with E-state index in [0.717, 1.165) is 14.2 Å². The van der Waals surface area contributed by atoms with Crippen molar-refractivity contribution in [3.63, 3.8) is 0 Å². The van der Waals surface area contributed by atoms with Crippen molar-refractivity contribution in [3.8, 4) is 0 Å². The van der Waals surface area contributed by atoms with Gasteiger partial charge in [-0.2, -0.15) is 0 Å². The van der Waals surface area contributed by atoms with Crippen LogP contribution in [0, 0.1) is 25.7 Å². The zero-order valence-corrected chi connectivity index (χ0v) is 28.1. The number of Topliss-reactive ketones (excluding diaryl/α,β-unsaturated/α-hetero) is 2. The maximum atomic E-state index is 13.1. The second-order valence-corrected chi connectivity index (χ2v) is 11.1. The Balaban J connectivity index is 0.0000110. The lowest BCUT2D eigenvalue weighted by Crippen LogP contribution is -2.47. The van der Waals surface area contributed by atoms with Gasteiger partial charge in [-0.05, 0) is 49.9 Å². The molecule has 14 nitrogen and oxygen atoms in total. The summed E-state index contributed by atoms with van der Waals surface area (Å²) in [6.07, 6.45) is 0. The summed E-state index contributed by atoms with van der Waals surface area (Å²) in [5, 5.41) is 9.24. The Morgan fingerprint density at radius 2 is 0.872 bits per heavy atom. The smallest absolute Gasteiger partial charge is 0.328 e. The molecule has 2 rings (SSSR count). The first-order valence-electron chi connectivity index (χ1n) is 14.2. The van der Waals surface area contributed by atoms with E-state index in [1.807, 2.05) is 0 Å². The number of hydrogen-bond donors (Lipinski definition) is 4. The lowest BCUT2D eigenvalue weighted by molar-refractivity contribution is -0.146. The minimum Gasteiger partial charge on any atom is -0.467 e. The summed E-state index contributed by atoms with van der Waals surface area (Å²) in [5.41, 5.74) is 0.262. The summed E-state index contributed by atoms with van der Waals surface area (Å²) in [4.78, 5) is 102. The average molecular weight is 675 g/mol. The average Bonchev–Trinajstić information content (AvgIpc) is 3.01. The molecule has 0 bridgehead atoms. The first kappa shape index (κ1) is 39.9. The zero-order chi connectivity index (χ0) is 34.9. The number of halogens is 1. The van der Waals surface area contributed by atoms with Crippen LogP contribution in [0.15, 0.2) is 36.4 Å². The highest BCUT2D eigenvalue weighted by molar-refractivity contribution is 6.48. The number of carbonyl (C=O) groups is 8. The van der Waals surface area contributed by atoms with E-state index in [-0.39, 0.29) is 34.9 Å². The second-order valence-electron chi connectivity index (χ2n) is 11.1. The van der Waals surface area contributed by atoms with E-state index in [0.29, 0.717) is 11.1 Å². The Morgan fingerprint density at radius 3 is 1.15 bits per heavy atom. The van der Waals surface area contributed by atoms with E-state index < -0.39 is 71.1 Å². The Kier molecular flexibility index (Phi) is 14.9. The van der Waals surface area contributed by atoms with Gasteiger partial charge >= 0.3 is 23.8 Å². The molecule has 0 aromatic heterocycles. The van der Waals surface area contributed by atoms with Crippen molar-refractivity contribution in [1.29, 1.82) is 0 Å². The van der Waals surface area contributed by atoms with E-state index in [9.17, 15) is 38.4 Å². The van der Waals surface area contributed by atoms with Crippen LogP contribution >= 0.6 is 12.4 Å². The van der Waals surface area contributed by atoms with E-state index in [2.05, 4.69) is 30.7 Å². The van der Waals surface area contributed by atoms with Crippen molar-refractivity contribution in [2.45, 2.75) is 53.6 Å². The van der Waals surface area contributed by atoms with Crippen molar-refractivity contribution in [1.82, 2.24) is 10.6 Å². The predicted octanol–water partition coefficient (Wildman–Crippen LogP) is 2.30. The summed E-state index contributed by atoms with van der Waals surface area (Å²) < 4.78 is 9.37. The molecule has 2 aromatic rings. The van der Waals surface area contributed by atoms with Gasteiger partial charge in [-0.25, -0.2) is 9.59 Å². The van der Waals surface area contributed by atoms with Crippen molar-refractivity contribution in [3.05, 3.63) is 58.7 Å². The number of amides is 4. The SMILES string of the molecule is COC(=O)[C@@H](NC(=O)C(=O)c1cc(C)ccc1NC(=O)C(=O)Nc1ccc(C)cc1C(=O)C(=O)N[C@H](C(=O)OC)C(C)C)C(C)C.Cl. The van der Waals surface area contributed by atoms with Crippen LogP contribution in [0.25, 0.3) is 0 Å². The van der Waals surface area contributed by atoms with Gasteiger partial charge < -0.3 is 30.7 Å². The molecule has 2 aromatic carbocycles. The van der Waals surface area contributed by atoms with Gasteiger partial charge in [-0.15, -0.1) is 12.4 Å². The molecule has 0 fully saturated rings. The molecule has 0 aliphatic carbocycles. The number of ether oxygens (including phenoxy) is 2. The fourth-order valence-corrected chi connectivity index (χ4v) is 4.18. The van der Waals surface area contributed by atoms with Gasteiger partial charge in [0.15, 0.2) is 0 Å². The summed E-state index contributed by atoms with van der Waals surface area (Å²) >= 11 is 0. The van der Waals surface area contributed by atoms with Gasteiger partial charge in [-0.3, -0.25) is 28.8 Å². The molecule has 0 saturated heterocycles. The molecule has 0 aliphatic heterocycles. The molecule has 0 heterocycles. The first-order valence-corrected chi connectivity index (χ1v) is 14.2. The quantitative estimate of drug-likeness (QED) is 0.147. The molecule has 4 N–H and O–H groups in total. The lowest BCUT2D eigenvalue weighted by atomic mass is 10.0. The molecule has 254 valence electrons. The molecule has 0 aliphatic rings. The second kappa shape index (κ2) is 17.5. The molecule has 15 heteroatoms. The highest BCUT2D eigenvalue weighted by atomic mass is 35.5. The van der Waals surface area contributed by atoms with E-state index in [1.165, 1.54) is 36.4 Å². The number of methoxy groups -OCH3 is 2. The number of nitrogens with one attached hydrogen (secondary N) is 4. The van der Waals surface area contributed by atoms with E-state index in [4.69, 9.17) is 0 Å². The third kappa shape index (κ3) is 10.5. The van der Waals surface area contributed by atoms with Gasteiger partial charge in [0.1, 0.15) is 12.1 Å². The molecule has 0 unspecified atom stereocenters. The molecule has 4 amide bonds. The van der Waals surface area contributed by atoms with Crippen molar-refractivity contribution < 1.29 is 47.8 Å². The zero-order valence-electron chi connectivity index (χ0n) is 27.3. The Morgan fingerprint density at radius 1 is 0.553 bits per heavy atom. The topological polar surface area (TPSA) is 203 Å². The van der Waals surface area contributed by atoms with Crippen molar-refractivity contribution in [2.75, 3.05) is 24.9 Å². The molecular weight excluding hydrogens is 636 g/mol. The molecule has 0 spiro atoms. The summed E-state index contributed by atoms with van der Waals surface area (Å²) in [6, 6.07) is 6.12. The van der Waals surface area contributed by atoms with Gasteiger partial charge in [0.2, 0.25) is 0 Å². The number of esters is 2. The number of aryl methyl sites for hydroxylation is 2. The van der Waals surface area contributed by atoms with Crippen LogP contribution in [0.3, 0.4) is 0 Å². The number of ketones is 2. The highest BCUT2D eigenvalue weighted by Crippen LogP contribution is 2.21. The summed E-state index contributed by atoms with van der Waals surface area (Å²) in [6.45, 7) is 9.86. The van der Waals surface area contributed by atoms with Gasteiger partial charge in [0.05, 0.1) is 36.7 Å². The van der Waals surface area contributed by atoms with Crippen LogP contribution in [0.4, 0.5) is 11.4 Å². The van der Waals surface area contributed by atoms with Gasteiger partial charge in [-0.1, -0.05) is 51.0 Å². The van der Waals surface area contributed by atoms with Crippen LogP contribution < -0.4 is 21.3 Å². The van der Waals surface area contributed by atoms with E-state index >= 15 is 0 Å². The fraction of sp³-hybridized carbons (Fsp3) is 0.375. The van der Waals surface area contributed by atoms with Crippen molar-refractivity contribution in [2.24, 2.45) is 11.8 Å². The number of rotatable bonds is 12. The van der Waals surface area contributed by atoms with Gasteiger partial charge in [0, 0.05) is 0 Å². The predicted molar refractivity (Wildman–Crippen MR) is 173 cm³/mol. The third-order valence-electron chi connectivity index (χ3n) is 6.77. The van der Waals surface area contributed by atoms with Gasteiger partial charge in [0.25, 0.3) is 23.4 Å². The van der Waals surface area contributed by atoms with Crippen LogP contribution in [0.5, 0.6) is 0 Å². The minimum absolute atomic E-state index is 0. The van der Waals surface area contributed by atoms with Crippen LogP contribution in [-0.4, -0.2) is 73.4 Å². The number of benzene rings is 2. The number of anilines is 2. The van der Waals surface area contributed by atoms with Crippen LogP contribution in [-0.2, 0) is 38.2 Å². The summed E-state index contributed by atoms with van der Waals surface area (Å²) in [7, 11) is 2.28. The monoisotopic (exact) mass is 674 g/mol. The molecule has 47 heavy (non-hydrogen) atoms. The largest absolute Gasteiger partial charge is 0.467 e. The van der Waals surface area contributed by atoms with Crippen LogP contribution in [0.2, 0.25) is 0 Å². The Hall–Kier alpha value is -5.11. The summed E-state index contributed by atoms with van der Waals surface area (Å²) in [5.74, 6) is -9.27. The molecular formula is C32H39ClN4O10. The van der Waals surface area contributed by atoms with Crippen LogP contribution in [0.1, 0.15) is 59.5 Å². The Bertz CT molecular complexity index is 1460. The maximum absolute atomic E-state index is 13.1. The minimum atomic E-state index is -1.26. The highest BCUT2D eigenvalue weighted by Gasteiger charge is 2.31. The lowest BCUT2D eigenvalue weighted by Gasteiger charge is -2.20. The molecule has 0 saturated carbocycles. The number of hydrogen-bond acceptors (Lipinski definition) is 10. The van der Waals surface area contributed by atoms with E-state index in [1.54, 1.807) is 41.5 Å². The number of carbonyl (C=O) groups excluding carboxylic acids is 8. The maximum Gasteiger partial charge on any atom is 0.328 e. The normalized spacial score (nSPS) is 11.7. The fourth-order valence-electron chi connectivity index (χ4n) is 4.18. The third-order valence-corrected chi connectivity index (χ3v) is 6.77. The molecule has 2 atom stereocenters. The van der Waals surface area contributed by atoms with Crippen molar-refractivity contribution >= 4 is 70.9 Å². The first-order chi connectivity index (χ1) is 21.5. The molecule has 0 radical (unpaired) electrons. The standard InChI is InChI=1S/C32H38N4O10.ClH/c1-15(2)23(31(43)45-7)35-27(39)25(37)19-13-17(5)9-11-21(19)33-29(41)30(42)34-22-12-10-18(6)14-20(22)26(38)28(40)36-24(16(3)4)32(44)46-8;/h9-16,23-24H,1-8H3,(H,33,41)(H,34,42)(H,35,39)(H,36,40);1H/t23-,24-;/m0./s1.